The Morgan fingerprint density at radius 1 is 1.10 bits per heavy atom. The monoisotopic (exact) mass is 428 g/mol. The number of carbonyl (C=O) groups is 2. The first-order chi connectivity index (χ1) is 13.8. The van der Waals surface area contributed by atoms with E-state index in [0.29, 0.717) is 11.8 Å². The van der Waals surface area contributed by atoms with Crippen LogP contribution >= 0.6 is 11.3 Å². The molecule has 2 atom stereocenters. The topological polar surface area (TPSA) is 86.6 Å². The van der Waals surface area contributed by atoms with Crippen molar-refractivity contribution in [3.63, 3.8) is 0 Å². The van der Waals surface area contributed by atoms with Crippen molar-refractivity contribution in [1.29, 1.82) is 0 Å². The molecule has 0 bridgehead atoms. The summed E-state index contributed by atoms with van der Waals surface area (Å²) in [4.78, 5) is 35.2. The second-order valence-electron chi connectivity index (χ2n) is 6.79. The number of hydrogen-bond acceptors (Lipinski definition) is 6. The van der Waals surface area contributed by atoms with E-state index in [1.54, 1.807) is 12.4 Å². The quantitative estimate of drug-likeness (QED) is 0.792. The van der Waals surface area contributed by atoms with Gasteiger partial charge in [0.2, 0.25) is 5.95 Å². The molecule has 1 amide bonds. The molecule has 0 aromatic carbocycles. The van der Waals surface area contributed by atoms with Crippen molar-refractivity contribution in [1.82, 2.24) is 14.9 Å². The van der Waals surface area contributed by atoms with E-state index in [-0.39, 0.29) is 5.91 Å². The van der Waals surface area contributed by atoms with Crippen LogP contribution in [0.15, 0.2) is 36.0 Å². The lowest BCUT2D eigenvalue weighted by molar-refractivity contribution is -0.192. The summed E-state index contributed by atoms with van der Waals surface area (Å²) in [7, 11) is 0. The first kappa shape index (κ1) is 21.0. The van der Waals surface area contributed by atoms with Crippen molar-refractivity contribution >= 4 is 29.2 Å². The smallest absolute Gasteiger partial charge is 0.475 e. The molecule has 2 fully saturated rings. The number of nitrogens with zero attached hydrogens (tertiary/aromatic N) is 4. The minimum absolute atomic E-state index is 0.187. The molecule has 0 aliphatic carbocycles. The summed E-state index contributed by atoms with van der Waals surface area (Å²) < 4.78 is 31.7. The molecule has 4 heterocycles. The van der Waals surface area contributed by atoms with Crippen molar-refractivity contribution in [3.05, 3.63) is 40.8 Å². The maximum absolute atomic E-state index is 12.5. The molecular formula is C18H19F3N4O3S. The fourth-order valence-electron chi connectivity index (χ4n) is 3.53. The van der Waals surface area contributed by atoms with Crippen molar-refractivity contribution in [3.8, 4) is 0 Å². The van der Waals surface area contributed by atoms with E-state index in [4.69, 9.17) is 9.90 Å². The van der Waals surface area contributed by atoms with Crippen LogP contribution in [0.1, 0.15) is 16.1 Å². The number of aromatic nitrogens is 2. The highest BCUT2D eigenvalue weighted by Gasteiger charge is 2.40. The lowest BCUT2D eigenvalue weighted by Crippen LogP contribution is -2.40. The zero-order chi connectivity index (χ0) is 21.0. The Labute approximate surface area is 168 Å². The van der Waals surface area contributed by atoms with Crippen LogP contribution in [0.3, 0.4) is 0 Å². The third kappa shape index (κ3) is 5.22. The molecule has 2 aromatic heterocycles. The van der Waals surface area contributed by atoms with Crippen LogP contribution in [-0.4, -0.2) is 64.2 Å². The molecule has 2 saturated heterocycles. The number of thiophene rings is 1. The van der Waals surface area contributed by atoms with Crippen LogP contribution in [0.4, 0.5) is 19.1 Å². The Balaban J connectivity index is 0.000000298. The maximum Gasteiger partial charge on any atom is 0.490 e. The van der Waals surface area contributed by atoms with Gasteiger partial charge in [0.05, 0.1) is 4.88 Å². The molecule has 0 saturated carbocycles. The van der Waals surface area contributed by atoms with Gasteiger partial charge in [0.15, 0.2) is 0 Å². The molecule has 1 N–H and O–H groups in total. The third-order valence-corrected chi connectivity index (χ3v) is 5.76. The van der Waals surface area contributed by atoms with Gasteiger partial charge in [0, 0.05) is 38.6 Å². The fraction of sp³-hybridized carbons (Fsp3) is 0.444. The average molecular weight is 428 g/mol. The normalized spacial score (nSPS) is 21.2. The van der Waals surface area contributed by atoms with Crippen LogP contribution in [-0.2, 0) is 4.79 Å². The van der Waals surface area contributed by atoms with E-state index < -0.39 is 12.1 Å². The van der Waals surface area contributed by atoms with E-state index in [2.05, 4.69) is 14.9 Å². The zero-order valence-corrected chi connectivity index (χ0v) is 16.1. The predicted octanol–water partition coefficient (Wildman–Crippen LogP) is 2.77. The number of aliphatic carboxylic acids is 1. The van der Waals surface area contributed by atoms with Gasteiger partial charge in [-0.15, -0.1) is 11.3 Å². The summed E-state index contributed by atoms with van der Waals surface area (Å²) in [6, 6.07) is 5.70. The predicted molar refractivity (Wildman–Crippen MR) is 99.8 cm³/mol. The average Bonchev–Trinajstić information content (AvgIpc) is 3.37. The van der Waals surface area contributed by atoms with Crippen LogP contribution in [0.5, 0.6) is 0 Å². The standard InChI is InChI=1S/C16H18N4OS.C2HF3O2/c21-15(14-3-1-8-22-14)20-9-12-4-7-19(10-13(12)11-20)16-17-5-2-6-18-16;3-2(4,5)1(6)7/h1-3,5-6,8,12-13H,4,7,9-11H2;(H,6,7)/t12-,13+;/m0./s1. The highest BCUT2D eigenvalue weighted by molar-refractivity contribution is 7.12. The number of piperidine rings is 1. The van der Waals surface area contributed by atoms with Crippen LogP contribution in [0, 0.1) is 11.8 Å². The van der Waals surface area contributed by atoms with E-state index in [1.807, 2.05) is 28.5 Å². The maximum atomic E-state index is 12.5. The Morgan fingerprint density at radius 2 is 1.76 bits per heavy atom. The minimum Gasteiger partial charge on any atom is -0.475 e. The molecule has 0 unspecified atom stereocenters. The highest BCUT2D eigenvalue weighted by Crippen LogP contribution is 2.33. The number of rotatable bonds is 2. The van der Waals surface area contributed by atoms with E-state index in [1.165, 1.54) is 11.3 Å². The van der Waals surface area contributed by atoms with Crippen molar-refractivity contribution < 1.29 is 27.9 Å². The van der Waals surface area contributed by atoms with Crippen LogP contribution < -0.4 is 4.90 Å². The molecule has 0 radical (unpaired) electrons. The Kier molecular flexibility index (Phi) is 6.36. The summed E-state index contributed by atoms with van der Waals surface area (Å²) in [5.41, 5.74) is 0. The van der Waals surface area contributed by atoms with E-state index in [0.717, 1.165) is 43.4 Å². The number of carbonyl (C=O) groups excluding carboxylic acids is 1. The van der Waals surface area contributed by atoms with Gasteiger partial charge >= 0.3 is 12.1 Å². The number of anilines is 1. The zero-order valence-electron chi connectivity index (χ0n) is 15.2. The number of likely N-dealkylation sites (tertiary alicyclic amines) is 1. The molecule has 4 rings (SSSR count). The van der Waals surface area contributed by atoms with Crippen LogP contribution in [0.25, 0.3) is 0 Å². The third-order valence-electron chi connectivity index (χ3n) is 4.90. The molecular weight excluding hydrogens is 409 g/mol. The van der Waals surface area contributed by atoms with Gasteiger partial charge in [-0.05, 0) is 35.8 Å². The van der Waals surface area contributed by atoms with Gasteiger partial charge in [-0.25, -0.2) is 14.8 Å². The highest BCUT2D eigenvalue weighted by atomic mass is 32.1. The van der Waals surface area contributed by atoms with Gasteiger partial charge in [0.1, 0.15) is 0 Å². The summed E-state index contributed by atoms with van der Waals surface area (Å²) in [5.74, 6) is -0.617. The minimum atomic E-state index is -5.08. The summed E-state index contributed by atoms with van der Waals surface area (Å²) in [5, 5.41) is 9.09. The summed E-state index contributed by atoms with van der Waals surface area (Å²) in [6.07, 6.45) is -0.400. The second-order valence-corrected chi connectivity index (χ2v) is 7.74. The Hall–Kier alpha value is -2.69. The molecule has 2 aliphatic rings. The largest absolute Gasteiger partial charge is 0.490 e. The number of carboxylic acids is 1. The fourth-order valence-corrected chi connectivity index (χ4v) is 4.22. The van der Waals surface area contributed by atoms with Crippen molar-refractivity contribution in [2.24, 2.45) is 11.8 Å². The lowest BCUT2D eigenvalue weighted by atomic mass is 9.89. The Morgan fingerprint density at radius 3 is 2.34 bits per heavy atom. The molecule has 29 heavy (non-hydrogen) atoms. The van der Waals surface area contributed by atoms with Crippen LogP contribution in [0.2, 0.25) is 0 Å². The van der Waals surface area contributed by atoms with Crippen molar-refractivity contribution in [2.45, 2.75) is 12.6 Å². The molecule has 11 heteroatoms. The van der Waals surface area contributed by atoms with E-state index >= 15 is 0 Å². The SMILES string of the molecule is O=C(O)C(F)(F)F.O=C(c1cccs1)N1C[C@@H]2CCN(c3ncccn3)C[C@@H]2C1. The van der Waals surface area contributed by atoms with Gasteiger partial charge in [-0.2, -0.15) is 13.2 Å². The number of halogens is 3. The van der Waals surface area contributed by atoms with Gasteiger partial charge < -0.3 is 14.9 Å². The molecule has 2 aromatic rings. The number of alkyl halides is 3. The first-order valence-corrected chi connectivity index (χ1v) is 9.78. The van der Waals surface area contributed by atoms with Gasteiger partial charge in [0.25, 0.3) is 5.91 Å². The number of fused-ring (bicyclic) bond motifs is 1. The van der Waals surface area contributed by atoms with Crippen molar-refractivity contribution in [2.75, 3.05) is 31.1 Å². The number of hydrogen-bond donors (Lipinski definition) is 1. The van der Waals surface area contributed by atoms with E-state index in [9.17, 15) is 18.0 Å². The van der Waals surface area contributed by atoms with Gasteiger partial charge in [-0.1, -0.05) is 6.07 Å². The lowest BCUT2D eigenvalue weighted by Gasteiger charge is -2.34. The second kappa shape index (κ2) is 8.76. The molecule has 0 spiro atoms. The molecule has 2 aliphatic heterocycles. The summed E-state index contributed by atoms with van der Waals surface area (Å²) >= 11 is 1.53. The Bertz CT molecular complexity index is 833. The molecule has 7 nitrogen and oxygen atoms in total. The number of amides is 1. The summed E-state index contributed by atoms with van der Waals surface area (Å²) in [6.45, 7) is 3.67. The first-order valence-electron chi connectivity index (χ1n) is 8.90. The molecule has 156 valence electrons. The number of carboxylic acid groups (broad SMARTS) is 1. The van der Waals surface area contributed by atoms with Gasteiger partial charge in [-0.3, -0.25) is 4.79 Å².